The van der Waals surface area contributed by atoms with Crippen LogP contribution in [0, 0.1) is 0 Å². The topological polar surface area (TPSA) is 48.0 Å². The number of cyclic esters (lactones) is 1. The third kappa shape index (κ3) is 2.38. The number of carbonyl (C=O) groups is 1. The number of benzene rings is 1. The minimum absolute atomic E-state index is 0.0464. The Balaban J connectivity index is 1.58. The van der Waals surface area contributed by atoms with Crippen LogP contribution in [0.4, 0.5) is 10.5 Å². The molecule has 0 bridgehead atoms. The summed E-state index contributed by atoms with van der Waals surface area (Å²) in [5.41, 5.74) is 3.55. The molecule has 3 aliphatic rings. The number of fused-ring (bicyclic) bond motifs is 1. The van der Waals surface area contributed by atoms with Crippen molar-refractivity contribution in [3.8, 4) is 0 Å². The predicted molar refractivity (Wildman–Crippen MR) is 81.0 cm³/mol. The molecule has 1 amide bonds. The van der Waals surface area contributed by atoms with Gasteiger partial charge in [-0.25, -0.2) is 4.79 Å². The monoisotopic (exact) mass is 303 g/mol. The van der Waals surface area contributed by atoms with E-state index in [1.807, 2.05) is 13.0 Å². The average Bonchev–Trinajstić information content (AvgIpc) is 3.05. The maximum Gasteiger partial charge on any atom is 0.414 e. The van der Waals surface area contributed by atoms with E-state index in [9.17, 15) is 4.79 Å². The van der Waals surface area contributed by atoms with Crippen LogP contribution in [-0.2, 0) is 27.1 Å². The van der Waals surface area contributed by atoms with E-state index in [4.69, 9.17) is 14.2 Å². The SMILES string of the molecule is CC1CN(c2ccc3c(c2)CCC2(CC3)OCCO2)C(=O)O1. The molecule has 1 atom stereocenters. The molecule has 22 heavy (non-hydrogen) atoms. The highest BCUT2D eigenvalue weighted by molar-refractivity contribution is 5.89. The van der Waals surface area contributed by atoms with E-state index in [0.717, 1.165) is 31.4 Å². The van der Waals surface area contributed by atoms with Crippen LogP contribution in [0.5, 0.6) is 0 Å². The quantitative estimate of drug-likeness (QED) is 0.800. The Labute approximate surface area is 130 Å². The first-order chi connectivity index (χ1) is 10.7. The fraction of sp³-hybridized carbons (Fsp3) is 0.588. The molecule has 2 aliphatic heterocycles. The van der Waals surface area contributed by atoms with Gasteiger partial charge < -0.3 is 14.2 Å². The van der Waals surface area contributed by atoms with Gasteiger partial charge >= 0.3 is 6.09 Å². The van der Waals surface area contributed by atoms with Gasteiger partial charge in [0.1, 0.15) is 6.10 Å². The standard InChI is InChI=1S/C17H21NO4/c1-12-11-18(16(19)22-12)15-3-2-13-4-6-17(20-8-9-21-17)7-5-14(13)10-15/h2-3,10,12H,4-9,11H2,1H3. The van der Waals surface area contributed by atoms with Gasteiger partial charge in [0, 0.05) is 18.5 Å². The molecule has 1 aromatic carbocycles. The first kappa shape index (κ1) is 14.0. The molecule has 1 spiro atoms. The van der Waals surface area contributed by atoms with Crippen LogP contribution < -0.4 is 4.90 Å². The third-order valence-corrected chi connectivity index (χ3v) is 4.83. The van der Waals surface area contributed by atoms with Crippen molar-refractivity contribution in [2.24, 2.45) is 0 Å². The second-order valence-corrected chi connectivity index (χ2v) is 6.37. The smallest absolute Gasteiger partial charge is 0.414 e. The van der Waals surface area contributed by atoms with Gasteiger partial charge in [-0.2, -0.15) is 0 Å². The number of anilines is 1. The molecule has 1 aromatic rings. The van der Waals surface area contributed by atoms with Crippen LogP contribution in [0.3, 0.4) is 0 Å². The molecule has 5 nitrogen and oxygen atoms in total. The van der Waals surface area contributed by atoms with E-state index in [-0.39, 0.29) is 18.0 Å². The van der Waals surface area contributed by atoms with E-state index in [1.165, 1.54) is 11.1 Å². The molecule has 2 heterocycles. The van der Waals surface area contributed by atoms with Crippen LogP contribution in [0.25, 0.3) is 0 Å². The highest BCUT2D eigenvalue weighted by Crippen LogP contribution is 2.36. The third-order valence-electron chi connectivity index (χ3n) is 4.83. The summed E-state index contributed by atoms with van der Waals surface area (Å²) in [4.78, 5) is 13.6. The maximum absolute atomic E-state index is 11.9. The zero-order valence-electron chi connectivity index (χ0n) is 12.8. The van der Waals surface area contributed by atoms with Crippen LogP contribution in [-0.4, -0.2) is 37.7 Å². The molecule has 2 saturated heterocycles. The Kier molecular flexibility index (Phi) is 3.35. The van der Waals surface area contributed by atoms with Crippen molar-refractivity contribution in [3.05, 3.63) is 29.3 Å². The van der Waals surface area contributed by atoms with Crippen molar-refractivity contribution in [1.29, 1.82) is 0 Å². The number of nitrogens with zero attached hydrogens (tertiary/aromatic N) is 1. The van der Waals surface area contributed by atoms with Crippen LogP contribution >= 0.6 is 0 Å². The first-order valence-corrected chi connectivity index (χ1v) is 8.03. The summed E-state index contributed by atoms with van der Waals surface area (Å²) >= 11 is 0. The Bertz CT molecular complexity index is 594. The van der Waals surface area contributed by atoms with Gasteiger partial charge in [0.25, 0.3) is 0 Å². The second kappa shape index (κ2) is 5.25. The fourth-order valence-corrected chi connectivity index (χ4v) is 3.63. The van der Waals surface area contributed by atoms with Crippen molar-refractivity contribution >= 4 is 11.8 Å². The molecule has 2 fully saturated rings. The largest absolute Gasteiger partial charge is 0.444 e. The molecule has 0 N–H and O–H groups in total. The van der Waals surface area contributed by atoms with E-state index >= 15 is 0 Å². The molecule has 0 saturated carbocycles. The summed E-state index contributed by atoms with van der Waals surface area (Å²) < 4.78 is 16.9. The molecule has 0 radical (unpaired) electrons. The van der Waals surface area contributed by atoms with E-state index < -0.39 is 0 Å². The number of hydrogen-bond donors (Lipinski definition) is 0. The van der Waals surface area contributed by atoms with Crippen molar-refractivity contribution in [2.45, 2.75) is 44.5 Å². The molecule has 118 valence electrons. The summed E-state index contributed by atoms with van der Waals surface area (Å²) in [6.45, 7) is 3.92. The van der Waals surface area contributed by atoms with Crippen molar-refractivity contribution in [2.75, 3.05) is 24.7 Å². The Morgan fingerprint density at radius 1 is 1.14 bits per heavy atom. The summed E-state index contributed by atoms with van der Waals surface area (Å²) in [5.74, 6) is -0.389. The van der Waals surface area contributed by atoms with E-state index in [2.05, 4.69) is 12.1 Å². The number of hydrogen-bond acceptors (Lipinski definition) is 4. The highest BCUT2D eigenvalue weighted by Gasteiger charge is 2.38. The van der Waals surface area contributed by atoms with Gasteiger partial charge in [0.05, 0.1) is 19.8 Å². The highest BCUT2D eigenvalue weighted by atomic mass is 16.7. The molecule has 0 aromatic heterocycles. The second-order valence-electron chi connectivity index (χ2n) is 6.37. The van der Waals surface area contributed by atoms with E-state index in [0.29, 0.717) is 19.8 Å². The number of amides is 1. The molecular formula is C17H21NO4. The number of rotatable bonds is 1. The minimum Gasteiger partial charge on any atom is -0.444 e. The minimum atomic E-state index is -0.389. The fourth-order valence-electron chi connectivity index (χ4n) is 3.63. The lowest BCUT2D eigenvalue weighted by Gasteiger charge is -2.25. The van der Waals surface area contributed by atoms with Crippen LogP contribution in [0.2, 0.25) is 0 Å². The molecule has 4 rings (SSSR count). The summed E-state index contributed by atoms with van der Waals surface area (Å²) in [6, 6.07) is 6.28. The van der Waals surface area contributed by atoms with Gasteiger partial charge in [0.2, 0.25) is 0 Å². The van der Waals surface area contributed by atoms with Gasteiger partial charge in [0.15, 0.2) is 5.79 Å². The Morgan fingerprint density at radius 2 is 1.86 bits per heavy atom. The van der Waals surface area contributed by atoms with Gasteiger partial charge in [-0.3, -0.25) is 4.90 Å². The molecule has 5 heteroatoms. The number of carbonyl (C=O) groups excluding carboxylic acids is 1. The Morgan fingerprint density at radius 3 is 2.55 bits per heavy atom. The lowest BCUT2D eigenvalue weighted by molar-refractivity contribution is -0.164. The Hall–Kier alpha value is -1.59. The summed E-state index contributed by atoms with van der Waals surface area (Å²) in [7, 11) is 0. The zero-order chi connectivity index (χ0) is 15.2. The van der Waals surface area contributed by atoms with E-state index in [1.54, 1.807) is 4.90 Å². The number of aryl methyl sites for hydroxylation is 2. The number of ether oxygens (including phenoxy) is 3. The zero-order valence-corrected chi connectivity index (χ0v) is 12.8. The van der Waals surface area contributed by atoms with Gasteiger partial charge in [-0.1, -0.05) is 6.07 Å². The van der Waals surface area contributed by atoms with Crippen molar-refractivity contribution in [1.82, 2.24) is 0 Å². The molecular weight excluding hydrogens is 282 g/mol. The molecule has 1 unspecified atom stereocenters. The van der Waals surface area contributed by atoms with Crippen LogP contribution in [0.15, 0.2) is 18.2 Å². The normalized spacial score (nSPS) is 26.9. The first-order valence-electron chi connectivity index (χ1n) is 8.03. The maximum atomic E-state index is 11.9. The predicted octanol–water partition coefficient (Wildman–Crippen LogP) is 2.65. The van der Waals surface area contributed by atoms with Crippen molar-refractivity contribution < 1.29 is 19.0 Å². The lowest BCUT2D eigenvalue weighted by atomic mass is 10.0. The van der Waals surface area contributed by atoms with Crippen LogP contribution in [0.1, 0.15) is 30.9 Å². The van der Waals surface area contributed by atoms with Gasteiger partial charge in [-0.05, 0) is 43.0 Å². The average molecular weight is 303 g/mol. The lowest BCUT2D eigenvalue weighted by Crippen LogP contribution is -2.30. The van der Waals surface area contributed by atoms with Crippen molar-refractivity contribution in [3.63, 3.8) is 0 Å². The summed E-state index contributed by atoms with van der Waals surface area (Å²) in [6.07, 6.45) is 3.36. The summed E-state index contributed by atoms with van der Waals surface area (Å²) in [5, 5.41) is 0. The van der Waals surface area contributed by atoms with Gasteiger partial charge in [-0.15, -0.1) is 0 Å². The molecule has 1 aliphatic carbocycles.